The molecule has 1 amide bonds. The van der Waals surface area contributed by atoms with Crippen molar-refractivity contribution in [3.05, 3.63) is 65.9 Å². The number of alkyl halides is 3. The number of halogens is 3. The number of pyridine rings is 2. The molecule has 0 radical (unpaired) electrons. The normalized spacial score (nSPS) is 18.8. The van der Waals surface area contributed by atoms with Crippen LogP contribution < -0.4 is 4.74 Å². The molecule has 3 aromatic heterocycles. The van der Waals surface area contributed by atoms with Gasteiger partial charge in [-0.05, 0) is 50.5 Å². The van der Waals surface area contributed by atoms with Crippen LogP contribution in [0.4, 0.5) is 13.2 Å². The van der Waals surface area contributed by atoms with Crippen molar-refractivity contribution in [2.45, 2.75) is 45.0 Å². The highest BCUT2D eigenvalue weighted by molar-refractivity contribution is 5.99. The van der Waals surface area contributed by atoms with Crippen LogP contribution in [0.5, 0.6) is 5.88 Å². The highest BCUT2D eigenvalue weighted by Gasteiger charge is 2.36. The van der Waals surface area contributed by atoms with Crippen molar-refractivity contribution in [1.82, 2.24) is 24.8 Å². The Morgan fingerprint density at radius 3 is 2.52 bits per heavy atom. The van der Waals surface area contributed by atoms with Crippen molar-refractivity contribution in [1.29, 1.82) is 0 Å². The third-order valence-corrected chi connectivity index (χ3v) is 5.67. The van der Waals surface area contributed by atoms with Crippen LogP contribution in [0, 0.1) is 6.92 Å². The number of nitrogens with zero attached hydrogens (tertiary/aromatic N) is 5. The molecule has 7 nitrogen and oxygen atoms in total. The second-order valence-electron chi connectivity index (χ2n) is 7.84. The van der Waals surface area contributed by atoms with Crippen molar-refractivity contribution >= 4 is 5.91 Å². The van der Waals surface area contributed by atoms with Crippen molar-refractivity contribution in [2.75, 3.05) is 6.54 Å². The van der Waals surface area contributed by atoms with Gasteiger partial charge in [0, 0.05) is 37.4 Å². The fourth-order valence-corrected chi connectivity index (χ4v) is 3.89. The third kappa shape index (κ3) is 4.79. The first-order chi connectivity index (χ1) is 15.8. The molecule has 2 unspecified atom stereocenters. The van der Waals surface area contributed by atoms with Gasteiger partial charge >= 0.3 is 6.18 Å². The predicted molar refractivity (Wildman–Crippen MR) is 113 cm³/mol. The minimum absolute atomic E-state index is 0.0844. The number of ether oxygens (including phenoxy) is 1. The summed E-state index contributed by atoms with van der Waals surface area (Å²) in [6, 6.07) is 5.28. The maximum absolute atomic E-state index is 13.5. The molecule has 0 saturated carbocycles. The molecule has 10 heteroatoms. The lowest BCUT2D eigenvalue weighted by Crippen LogP contribution is -2.51. The highest BCUT2D eigenvalue weighted by Crippen LogP contribution is 2.31. The lowest BCUT2D eigenvalue weighted by atomic mass is 9.98. The second-order valence-corrected chi connectivity index (χ2v) is 7.84. The van der Waals surface area contributed by atoms with E-state index in [9.17, 15) is 18.0 Å². The maximum Gasteiger partial charge on any atom is 0.417 e. The molecule has 4 rings (SSSR count). The average Bonchev–Trinajstić information content (AvgIpc) is 2.80. The average molecular weight is 457 g/mol. The molecule has 1 aliphatic heterocycles. The van der Waals surface area contributed by atoms with Gasteiger partial charge in [-0.15, -0.1) is 0 Å². The monoisotopic (exact) mass is 457 g/mol. The Labute approximate surface area is 188 Å². The Kier molecular flexibility index (Phi) is 6.26. The zero-order valence-electron chi connectivity index (χ0n) is 18.1. The number of aromatic nitrogens is 4. The van der Waals surface area contributed by atoms with Gasteiger partial charge in [0.15, 0.2) is 5.82 Å². The topological polar surface area (TPSA) is 81.1 Å². The van der Waals surface area contributed by atoms with E-state index < -0.39 is 17.8 Å². The molecule has 172 valence electrons. The molecule has 0 aromatic carbocycles. The van der Waals surface area contributed by atoms with Gasteiger partial charge in [0.05, 0.1) is 17.2 Å². The first-order valence-corrected chi connectivity index (χ1v) is 10.5. The van der Waals surface area contributed by atoms with Crippen LogP contribution in [0.1, 0.15) is 41.4 Å². The van der Waals surface area contributed by atoms with Crippen LogP contribution in [0.15, 0.2) is 49.1 Å². The van der Waals surface area contributed by atoms with Gasteiger partial charge in [-0.2, -0.15) is 13.2 Å². The van der Waals surface area contributed by atoms with Crippen molar-refractivity contribution in [2.24, 2.45) is 0 Å². The van der Waals surface area contributed by atoms with Crippen molar-refractivity contribution in [3.63, 3.8) is 0 Å². The van der Waals surface area contributed by atoms with E-state index in [1.807, 2.05) is 13.8 Å². The highest BCUT2D eigenvalue weighted by atomic mass is 19.4. The van der Waals surface area contributed by atoms with Gasteiger partial charge in [0.25, 0.3) is 5.91 Å². The van der Waals surface area contributed by atoms with Crippen LogP contribution >= 0.6 is 0 Å². The number of carbonyl (C=O) groups excluding carboxylic acids is 1. The molecule has 3 aromatic rings. The minimum Gasteiger partial charge on any atom is -0.472 e. The van der Waals surface area contributed by atoms with Crippen LogP contribution in [0.3, 0.4) is 0 Å². The van der Waals surface area contributed by atoms with E-state index in [4.69, 9.17) is 4.74 Å². The minimum atomic E-state index is -4.46. The summed E-state index contributed by atoms with van der Waals surface area (Å²) in [5.74, 6) is 0.224. The number of carbonyl (C=O) groups is 1. The zero-order chi connectivity index (χ0) is 23.6. The van der Waals surface area contributed by atoms with Gasteiger partial charge in [0.2, 0.25) is 5.88 Å². The van der Waals surface area contributed by atoms with Crippen LogP contribution in [-0.4, -0.2) is 49.4 Å². The zero-order valence-corrected chi connectivity index (χ0v) is 18.1. The molecular weight excluding hydrogens is 435 g/mol. The summed E-state index contributed by atoms with van der Waals surface area (Å²) >= 11 is 0. The molecule has 0 aliphatic carbocycles. The number of amides is 1. The van der Waals surface area contributed by atoms with Gasteiger partial charge in [-0.25, -0.2) is 15.0 Å². The molecule has 2 atom stereocenters. The molecule has 0 spiro atoms. The second kappa shape index (κ2) is 9.13. The largest absolute Gasteiger partial charge is 0.472 e. The predicted octanol–water partition coefficient (Wildman–Crippen LogP) is 4.33. The summed E-state index contributed by atoms with van der Waals surface area (Å²) in [5, 5.41) is 0. The lowest BCUT2D eigenvalue weighted by Gasteiger charge is -2.39. The number of hydrogen-bond acceptors (Lipinski definition) is 6. The quantitative estimate of drug-likeness (QED) is 0.580. The van der Waals surface area contributed by atoms with Gasteiger partial charge in [-0.1, -0.05) is 0 Å². The SMILES string of the molecule is Cc1ccnc(C(=O)N2CCCC(Oc3ccc(C(F)(F)F)cn3)C2C)c1-c1ncccn1. The number of aryl methyl sites for hydroxylation is 1. The van der Waals surface area contributed by atoms with E-state index in [2.05, 4.69) is 19.9 Å². The molecule has 33 heavy (non-hydrogen) atoms. The summed E-state index contributed by atoms with van der Waals surface area (Å²) < 4.78 is 44.2. The Balaban J connectivity index is 1.56. The number of piperidine rings is 1. The molecule has 4 heterocycles. The van der Waals surface area contributed by atoms with Crippen LogP contribution in [0.2, 0.25) is 0 Å². The van der Waals surface area contributed by atoms with E-state index in [0.29, 0.717) is 30.8 Å². The first-order valence-electron chi connectivity index (χ1n) is 10.5. The van der Waals surface area contributed by atoms with E-state index in [0.717, 1.165) is 17.8 Å². The van der Waals surface area contributed by atoms with Gasteiger partial charge < -0.3 is 9.64 Å². The van der Waals surface area contributed by atoms with Gasteiger partial charge in [-0.3, -0.25) is 9.78 Å². The Morgan fingerprint density at radius 1 is 1.09 bits per heavy atom. The molecule has 1 fully saturated rings. The van der Waals surface area contributed by atoms with Gasteiger partial charge in [0.1, 0.15) is 11.8 Å². The van der Waals surface area contributed by atoms with E-state index in [1.165, 1.54) is 6.07 Å². The summed E-state index contributed by atoms with van der Waals surface area (Å²) in [5.41, 5.74) is 0.805. The summed E-state index contributed by atoms with van der Waals surface area (Å²) in [7, 11) is 0. The molecule has 0 bridgehead atoms. The Hall–Kier alpha value is -3.56. The number of rotatable bonds is 4. The Bertz CT molecular complexity index is 1120. The van der Waals surface area contributed by atoms with E-state index in [1.54, 1.807) is 35.6 Å². The fourth-order valence-electron chi connectivity index (χ4n) is 3.89. The molecule has 0 N–H and O–H groups in total. The fraction of sp³-hybridized carbons (Fsp3) is 0.348. The number of hydrogen-bond donors (Lipinski definition) is 0. The number of likely N-dealkylation sites (tertiary alicyclic amines) is 1. The maximum atomic E-state index is 13.5. The molecule has 1 saturated heterocycles. The van der Waals surface area contributed by atoms with E-state index >= 15 is 0 Å². The van der Waals surface area contributed by atoms with Crippen molar-refractivity contribution < 1.29 is 22.7 Å². The molecule has 1 aliphatic rings. The van der Waals surface area contributed by atoms with E-state index in [-0.39, 0.29) is 23.5 Å². The smallest absolute Gasteiger partial charge is 0.417 e. The first kappa shape index (κ1) is 22.6. The third-order valence-electron chi connectivity index (χ3n) is 5.67. The van der Waals surface area contributed by atoms with Crippen LogP contribution in [-0.2, 0) is 6.18 Å². The lowest BCUT2D eigenvalue weighted by molar-refractivity contribution is -0.137. The molecular formula is C23H22F3N5O2. The summed E-state index contributed by atoms with van der Waals surface area (Å²) in [6.45, 7) is 4.22. The standard InChI is InChI=1S/C23H22F3N5O2/c1-14-8-11-27-20(19(14)21-28-9-4-10-29-21)22(32)31-12-3-5-17(15(31)2)33-18-7-6-16(13-30-18)23(24,25)26/h4,6-11,13,15,17H,3,5,12H2,1-2H3. The van der Waals surface area contributed by atoms with Crippen molar-refractivity contribution in [3.8, 4) is 17.3 Å². The summed E-state index contributed by atoms with van der Waals surface area (Å²) in [6.07, 6.45) is 1.95. The Morgan fingerprint density at radius 2 is 1.85 bits per heavy atom. The van der Waals surface area contributed by atoms with Crippen LogP contribution in [0.25, 0.3) is 11.4 Å². The summed E-state index contributed by atoms with van der Waals surface area (Å²) in [4.78, 5) is 31.9.